The van der Waals surface area contributed by atoms with Crippen molar-refractivity contribution in [1.29, 1.82) is 0 Å². The van der Waals surface area contributed by atoms with Crippen molar-refractivity contribution in [2.75, 3.05) is 13.2 Å². The fourth-order valence-corrected chi connectivity index (χ4v) is 5.33. The topological polar surface area (TPSA) is 102 Å². The molecule has 1 aromatic heterocycles. The van der Waals surface area contributed by atoms with Gasteiger partial charge in [0, 0.05) is 49.4 Å². The Hall–Kier alpha value is -4.09. The van der Waals surface area contributed by atoms with Crippen LogP contribution >= 0.6 is 0 Å². The molecular weight excluding hydrogens is 529 g/mol. The molecule has 0 fully saturated rings. The third kappa shape index (κ3) is 4.65. The van der Waals surface area contributed by atoms with E-state index in [1.165, 1.54) is 10.8 Å². The number of ether oxygens (including phenoxy) is 1. The van der Waals surface area contributed by atoms with Gasteiger partial charge in [0.1, 0.15) is 23.0 Å². The zero-order valence-electron chi connectivity index (χ0n) is 22.3. The van der Waals surface area contributed by atoms with E-state index in [1.807, 2.05) is 32.9 Å². The summed E-state index contributed by atoms with van der Waals surface area (Å²) in [6, 6.07) is 0.118. The van der Waals surface area contributed by atoms with E-state index in [0.717, 1.165) is 12.1 Å². The minimum atomic E-state index is -1.18. The Labute approximate surface area is 228 Å². The molecule has 3 aliphatic heterocycles. The Morgan fingerprint density at radius 1 is 1.25 bits per heavy atom. The second-order valence-corrected chi connectivity index (χ2v) is 10.3. The van der Waals surface area contributed by atoms with E-state index >= 15 is 0 Å². The number of amides is 2. The molecular formula is C28H29F3N4O5. The number of nitrogens with one attached hydrogen (secondary N) is 1. The maximum Gasteiger partial charge on any atom is 0.275 e. The van der Waals surface area contributed by atoms with Gasteiger partial charge in [-0.25, -0.2) is 13.2 Å². The zero-order chi connectivity index (χ0) is 28.8. The molecule has 2 amide bonds. The summed E-state index contributed by atoms with van der Waals surface area (Å²) >= 11 is 0. The van der Waals surface area contributed by atoms with Crippen molar-refractivity contribution in [1.82, 2.24) is 14.8 Å². The first kappa shape index (κ1) is 27.5. The first-order valence-corrected chi connectivity index (χ1v) is 13.1. The number of aromatic nitrogens is 1. The Morgan fingerprint density at radius 2 is 1.98 bits per heavy atom. The summed E-state index contributed by atoms with van der Waals surface area (Å²) in [7, 11) is 0. The van der Waals surface area contributed by atoms with E-state index in [9.17, 15) is 27.6 Å². The minimum absolute atomic E-state index is 0.00685. The van der Waals surface area contributed by atoms with Crippen LogP contribution in [-0.2, 0) is 11.4 Å². The monoisotopic (exact) mass is 558 g/mol. The van der Waals surface area contributed by atoms with Crippen LogP contribution in [0.15, 0.2) is 40.4 Å². The van der Waals surface area contributed by atoms with Crippen LogP contribution in [0.3, 0.4) is 0 Å². The molecule has 3 aliphatic rings. The van der Waals surface area contributed by atoms with Crippen molar-refractivity contribution in [3.05, 3.63) is 75.0 Å². The molecule has 40 heavy (non-hydrogen) atoms. The third-order valence-corrected chi connectivity index (χ3v) is 7.50. The van der Waals surface area contributed by atoms with E-state index in [-0.39, 0.29) is 36.2 Å². The summed E-state index contributed by atoms with van der Waals surface area (Å²) in [5.41, 5.74) is -2.02. The number of fused-ring (bicyclic) bond motifs is 5. The zero-order valence-corrected chi connectivity index (χ0v) is 22.3. The summed E-state index contributed by atoms with van der Waals surface area (Å²) < 4.78 is 49.0. The number of halogens is 3. The normalized spacial score (nSPS) is 23.0. The number of nitrogens with zero attached hydrogens (tertiary/aromatic N) is 3. The quantitative estimate of drug-likeness (QED) is 0.411. The molecule has 0 saturated carbocycles. The minimum Gasteiger partial charge on any atom is -0.487 e. The lowest BCUT2D eigenvalue weighted by Gasteiger charge is -2.42. The van der Waals surface area contributed by atoms with Crippen molar-refractivity contribution >= 4 is 17.5 Å². The maximum atomic E-state index is 14.2. The van der Waals surface area contributed by atoms with E-state index in [1.54, 1.807) is 4.90 Å². The van der Waals surface area contributed by atoms with Crippen LogP contribution < -0.4 is 15.5 Å². The number of carbonyl (C=O) groups excluding carboxylic acids is 2. The van der Waals surface area contributed by atoms with E-state index in [0.29, 0.717) is 25.0 Å². The smallest absolute Gasteiger partial charge is 0.275 e. The van der Waals surface area contributed by atoms with Crippen molar-refractivity contribution in [3.63, 3.8) is 0 Å². The van der Waals surface area contributed by atoms with Gasteiger partial charge in [-0.1, -0.05) is 24.6 Å². The Kier molecular flexibility index (Phi) is 7.19. The molecule has 0 unspecified atom stereocenters. The highest BCUT2D eigenvalue weighted by molar-refractivity contribution is 5.99. The number of carbonyl (C=O) groups is 2. The van der Waals surface area contributed by atoms with Crippen molar-refractivity contribution in [3.8, 4) is 5.75 Å². The number of benzene rings is 1. The highest BCUT2D eigenvalue weighted by Crippen LogP contribution is 2.43. The highest BCUT2D eigenvalue weighted by Gasteiger charge is 2.52. The van der Waals surface area contributed by atoms with Gasteiger partial charge in [0.25, 0.3) is 11.8 Å². The molecule has 1 aromatic carbocycles. The Balaban J connectivity index is 1.60. The standard InChI is InChI=1S/C28H29F3N4O5/c1-4-5-8-39-25-23-27(38)34-14-22(28(7-6-16(34)3)11-15(2)33-40-28)35(23)13-19(24(25)36)26(37)32-12-18-20(30)9-17(29)10-21(18)31/h6-7,9-10,13,16,22H,4-5,8,11-12,14H2,1-3H3,(H,32,37)/t16-,22+,28-/m0/s1. The second-order valence-electron chi connectivity index (χ2n) is 10.3. The predicted octanol–water partition coefficient (Wildman–Crippen LogP) is 3.86. The number of hydrogen-bond acceptors (Lipinski definition) is 6. The molecule has 0 radical (unpaired) electrons. The van der Waals surface area contributed by atoms with Crippen LogP contribution in [0.2, 0.25) is 0 Å². The van der Waals surface area contributed by atoms with Crippen molar-refractivity contribution in [2.24, 2.45) is 5.16 Å². The number of hydrogen-bond donors (Lipinski definition) is 1. The summed E-state index contributed by atoms with van der Waals surface area (Å²) in [6.45, 7) is 5.32. The number of pyridine rings is 1. The van der Waals surface area contributed by atoms with Gasteiger partial charge < -0.3 is 24.4 Å². The molecule has 1 spiro atoms. The maximum absolute atomic E-state index is 14.2. The van der Waals surface area contributed by atoms with Crippen LogP contribution in [0.5, 0.6) is 5.75 Å². The van der Waals surface area contributed by atoms with Gasteiger partial charge in [0.05, 0.1) is 18.4 Å². The van der Waals surface area contributed by atoms with Gasteiger partial charge >= 0.3 is 0 Å². The van der Waals surface area contributed by atoms with Gasteiger partial charge in [-0.05, 0) is 26.3 Å². The Bertz CT molecular complexity index is 1480. The first-order chi connectivity index (χ1) is 19.1. The fourth-order valence-electron chi connectivity index (χ4n) is 5.33. The summed E-state index contributed by atoms with van der Waals surface area (Å²) in [4.78, 5) is 48.2. The lowest BCUT2D eigenvalue weighted by molar-refractivity contribution is -0.0317. The number of unbranched alkanes of at least 4 members (excludes halogenated alkanes) is 1. The van der Waals surface area contributed by atoms with Gasteiger partial charge in [-0.2, -0.15) is 0 Å². The molecule has 212 valence electrons. The molecule has 0 aliphatic carbocycles. The van der Waals surface area contributed by atoms with E-state index in [2.05, 4.69) is 10.5 Å². The molecule has 1 N–H and O–H groups in total. The predicted molar refractivity (Wildman–Crippen MR) is 139 cm³/mol. The first-order valence-electron chi connectivity index (χ1n) is 13.1. The van der Waals surface area contributed by atoms with Gasteiger partial charge in [-0.3, -0.25) is 14.4 Å². The lowest BCUT2D eigenvalue weighted by atomic mass is 9.87. The van der Waals surface area contributed by atoms with Crippen LogP contribution in [0.1, 0.15) is 72.5 Å². The summed E-state index contributed by atoms with van der Waals surface area (Å²) in [6.07, 6.45) is 6.76. The molecule has 9 nitrogen and oxygen atoms in total. The molecule has 3 atom stereocenters. The van der Waals surface area contributed by atoms with Crippen LogP contribution in [0.4, 0.5) is 13.2 Å². The van der Waals surface area contributed by atoms with Gasteiger partial charge in [0.15, 0.2) is 17.0 Å². The molecule has 5 rings (SSSR count). The highest BCUT2D eigenvalue weighted by atomic mass is 19.1. The van der Waals surface area contributed by atoms with E-state index in [4.69, 9.17) is 9.57 Å². The van der Waals surface area contributed by atoms with Crippen LogP contribution in [-0.4, -0.2) is 51.8 Å². The third-order valence-electron chi connectivity index (χ3n) is 7.50. The largest absolute Gasteiger partial charge is 0.487 e. The van der Waals surface area contributed by atoms with Crippen LogP contribution in [0.25, 0.3) is 0 Å². The average molecular weight is 559 g/mol. The van der Waals surface area contributed by atoms with Crippen molar-refractivity contribution < 1.29 is 32.3 Å². The molecule has 2 bridgehead atoms. The van der Waals surface area contributed by atoms with Crippen molar-refractivity contribution in [2.45, 2.75) is 64.3 Å². The summed E-state index contributed by atoms with van der Waals surface area (Å²) in [5, 5.41) is 6.48. The molecule has 4 heterocycles. The number of rotatable bonds is 7. The Morgan fingerprint density at radius 3 is 2.62 bits per heavy atom. The second kappa shape index (κ2) is 10.5. The number of oxime groups is 1. The average Bonchev–Trinajstić information content (AvgIpc) is 3.23. The SMILES string of the molecule is CCCCOc1c2n(cc(C(=O)NCc3c(F)cc(F)cc3F)c1=O)[C@@H]1CN(C2=O)[C@@H](C)C=C[C@]12CC(C)=NO2. The summed E-state index contributed by atoms with van der Waals surface area (Å²) in [5.74, 6) is -5.11. The molecule has 0 saturated heterocycles. The lowest BCUT2D eigenvalue weighted by Crippen LogP contribution is -2.53. The van der Waals surface area contributed by atoms with E-state index < -0.39 is 58.4 Å². The molecule has 2 aromatic rings. The molecule has 12 heteroatoms. The van der Waals surface area contributed by atoms with Crippen LogP contribution in [0, 0.1) is 17.5 Å². The fraction of sp³-hybridized carbons (Fsp3) is 0.429. The van der Waals surface area contributed by atoms with Gasteiger partial charge in [-0.15, -0.1) is 0 Å². The van der Waals surface area contributed by atoms with Gasteiger partial charge in [0.2, 0.25) is 5.43 Å².